The van der Waals surface area contributed by atoms with Crippen LogP contribution in [0.2, 0.25) is 0 Å². The van der Waals surface area contributed by atoms with Crippen molar-refractivity contribution in [2.24, 2.45) is 0 Å². The van der Waals surface area contributed by atoms with Crippen molar-refractivity contribution in [3.8, 4) is 11.3 Å². The minimum atomic E-state index is -0.901. The van der Waals surface area contributed by atoms with Gasteiger partial charge in [0.25, 0.3) is 5.56 Å². The maximum atomic E-state index is 12.0. The Labute approximate surface area is 139 Å². The lowest BCUT2D eigenvalue weighted by Gasteiger charge is -2.35. The van der Waals surface area contributed by atoms with Crippen LogP contribution in [0, 0.1) is 0 Å². The van der Waals surface area contributed by atoms with Gasteiger partial charge in [-0.15, -0.1) is 0 Å². The van der Waals surface area contributed by atoms with Gasteiger partial charge < -0.3 is 5.11 Å². The minimum absolute atomic E-state index is 0.0328. The highest BCUT2D eigenvalue weighted by Crippen LogP contribution is 2.45. The predicted molar refractivity (Wildman–Crippen MR) is 90.8 cm³/mol. The highest BCUT2D eigenvalue weighted by molar-refractivity contribution is 5.81. The van der Waals surface area contributed by atoms with Crippen molar-refractivity contribution in [1.82, 2.24) is 19.4 Å². The number of pyridine rings is 1. The molecule has 0 bridgehead atoms. The normalized spacial score (nSPS) is 16.5. The lowest BCUT2D eigenvalue weighted by molar-refractivity contribution is -0.0423. The SMILES string of the molecule is CC(C)n1nc(-c2c(C3(O)CCC3)nn3ccccc23)ccc1=O. The first-order valence-electron chi connectivity index (χ1n) is 8.30. The Morgan fingerprint density at radius 1 is 1.17 bits per heavy atom. The van der Waals surface area contributed by atoms with Crippen LogP contribution in [0.1, 0.15) is 44.8 Å². The third-order valence-electron chi connectivity index (χ3n) is 4.73. The predicted octanol–water partition coefficient (Wildman–Crippen LogP) is 2.51. The van der Waals surface area contributed by atoms with Gasteiger partial charge in [0.05, 0.1) is 22.8 Å². The van der Waals surface area contributed by atoms with Crippen molar-refractivity contribution in [2.45, 2.75) is 44.8 Å². The van der Waals surface area contributed by atoms with Crippen LogP contribution >= 0.6 is 0 Å². The molecule has 0 atom stereocenters. The van der Waals surface area contributed by atoms with Crippen LogP contribution in [0.4, 0.5) is 0 Å². The summed E-state index contributed by atoms with van der Waals surface area (Å²) in [6.45, 7) is 3.85. The van der Waals surface area contributed by atoms with E-state index in [1.807, 2.05) is 38.2 Å². The first kappa shape index (κ1) is 15.1. The molecule has 1 fully saturated rings. The van der Waals surface area contributed by atoms with Gasteiger partial charge in [0.15, 0.2) is 0 Å². The van der Waals surface area contributed by atoms with Crippen molar-refractivity contribution >= 4 is 5.52 Å². The lowest BCUT2D eigenvalue weighted by atomic mass is 9.76. The smallest absolute Gasteiger partial charge is 0.267 e. The summed E-state index contributed by atoms with van der Waals surface area (Å²) in [5.41, 5.74) is 1.99. The molecule has 24 heavy (non-hydrogen) atoms. The monoisotopic (exact) mass is 324 g/mol. The maximum absolute atomic E-state index is 12.0. The van der Waals surface area contributed by atoms with Gasteiger partial charge in [0, 0.05) is 12.3 Å². The van der Waals surface area contributed by atoms with E-state index < -0.39 is 5.60 Å². The summed E-state index contributed by atoms with van der Waals surface area (Å²) in [7, 11) is 0. The molecule has 0 spiro atoms. The summed E-state index contributed by atoms with van der Waals surface area (Å²) < 4.78 is 3.24. The fourth-order valence-electron chi connectivity index (χ4n) is 3.25. The Morgan fingerprint density at radius 2 is 1.96 bits per heavy atom. The molecule has 3 aromatic rings. The number of aliphatic hydroxyl groups is 1. The molecule has 4 rings (SSSR count). The average molecular weight is 324 g/mol. The van der Waals surface area contributed by atoms with Crippen LogP contribution in [0.15, 0.2) is 41.3 Å². The summed E-state index contributed by atoms with van der Waals surface area (Å²) in [5, 5.41) is 20.0. The minimum Gasteiger partial charge on any atom is -0.383 e. The molecule has 3 heterocycles. The summed E-state index contributed by atoms with van der Waals surface area (Å²) in [6, 6.07) is 9.02. The zero-order chi connectivity index (χ0) is 16.9. The Balaban J connectivity index is 2.00. The molecule has 0 saturated heterocycles. The fraction of sp³-hybridized carbons (Fsp3) is 0.389. The molecule has 3 aromatic heterocycles. The molecule has 1 aliphatic carbocycles. The molecule has 0 aliphatic heterocycles. The van der Waals surface area contributed by atoms with Gasteiger partial charge in [-0.2, -0.15) is 10.2 Å². The summed E-state index contributed by atoms with van der Waals surface area (Å²) in [4.78, 5) is 12.0. The van der Waals surface area contributed by atoms with E-state index >= 15 is 0 Å². The second-order valence-corrected chi connectivity index (χ2v) is 6.73. The lowest BCUT2D eigenvalue weighted by Crippen LogP contribution is -2.35. The number of rotatable bonds is 3. The zero-order valence-electron chi connectivity index (χ0n) is 13.8. The number of hydrogen-bond donors (Lipinski definition) is 1. The largest absolute Gasteiger partial charge is 0.383 e. The van der Waals surface area contributed by atoms with E-state index in [1.54, 1.807) is 10.6 Å². The Hall–Kier alpha value is -2.47. The van der Waals surface area contributed by atoms with Crippen LogP contribution in [-0.4, -0.2) is 24.5 Å². The Bertz CT molecular complexity index is 967. The molecule has 0 aromatic carbocycles. The molecule has 1 N–H and O–H groups in total. The van der Waals surface area contributed by atoms with E-state index in [9.17, 15) is 9.90 Å². The molecule has 1 saturated carbocycles. The molecule has 0 radical (unpaired) electrons. The van der Waals surface area contributed by atoms with Gasteiger partial charge in [-0.25, -0.2) is 9.20 Å². The van der Waals surface area contributed by atoms with Crippen molar-refractivity contribution in [3.63, 3.8) is 0 Å². The zero-order valence-corrected chi connectivity index (χ0v) is 13.8. The van der Waals surface area contributed by atoms with E-state index in [-0.39, 0.29) is 11.6 Å². The summed E-state index contributed by atoms with van der Waals surface area (Å²) >= 11 is 0. The average Bonchev–Trinajstić information content (AvgIpc) is 2.92. The van der Waals surface area contributed by atoms with Crippen LogP contribution in [-0.2, 0) is 5.60 Å². The van der Waals surface area contributed by atoms with Gasteiger partial charge in [-0.3, -0.25) is 4.79 Å². The van der Waals surface area contributed by atoms with E-state index in [2.05, 4.69) is 10.2 Å². The third-order valence-corrected chi connectivity index (χ3v) is 4.73. The van der Waals surface area contributed by atoms with Crippen LogP contribution in [0.25, 0.3) is 16.8 Å². The maximum Gasteiger partial charge on any atom is 0.267 e. The highest BCUT2D eigenvalue weighted by Gasteiger charge is 2.41. The first-order valence-corrected chi connectivity index (χ1v) is 8.30. The summed E-state index contributed by atoms with van der Waals surface area (Å²) in [5.74, 6) is 0. The van der Waals surface area contributed by atoms with Crippen molar-refractivity contribution < 1.29 is 5.11 Å². The third kappa shape index (κ3) is 2.17. The van der Waals surface area contributed by atoms with Gasteiger partial charge in [-0.1, -0.05) is 6.07 Å². The quantitative estimate of drug-likeness (QED) is 0.803. The van der Waals surface area contributed by atoms with E-state index in [0.29, 0.717) is 24.2 Å². The molecular weight excluding hydrogens is 304 g/mol. The number of hydrogen-bond acceptors (Lipinski definition) is 4. The first-order chi connectivity index (χ1) is 11.5. The molecule has 124 valence electrons. The highest BCUT2D eigenvalue weighted by atomic mass is 16.3. The van der Waals surface area contributed by atoms with Gasteiger partial charge >= 0.3 is 0 Å². The summed E-state index contributed by atoms with van der Waals surface area (Å²) in [6.07, 6.45) is 4.26. The number of fused-ring (bicyclic) bond motifs is 1. The van der Waals surface area contributed by atoms with Gasteiger partial charge in [-0.05, 0) is 51.3 Å². The van der Waals surface area contributed by atoms with Crippen molar-refractivity contribution in [1.29, 1.82) is 0 Å². The van der Waals surface area contributed by atoms with Crippen molar-refractivity contribution in [2.75, 3.05) is 0 Å². The molecule has 6 nitrogen and oxygen atoms in total. The number of aromatic nitrogens is 4. The van der Waals surface area contributed by atoms with Gasteiger partial charge in [0.1, 0.15) is 11.3 Å². The fourth-order valence-corrected chi connectivity index (χ4v) is 3.25. The van der Waals surface area contributed by atoms with Gasteiger partial charge in [0.2, 0.25) is 0 Å². The second-order valence-electron chi connectivity index (χ2n) is 6.73. The van der Waals surface area contributed by atoms with E-state index in [4.69, 9.17) is 0 Å². The molecule has 0 unspecified atom stereocenters. The van der Waals surface area contributed by atoms with E-state index in [1.165, 1.54) is 10.7 Å². The van der Waals surface area contributed by atoms with Crippen LogP contribution in [0.3, 0.4) is 0 Å². The molecular formula is C18H20N4O2. The topological polar surface area (TPSA) is 72.4 Å². The second kappa shape index (κ2) is 5.27. The van der Waals surface area contributed by atoms with Crippen LogP contribution in [0.5, 0.6) is 0 Å². The van der Waals surface area contributed by atoms with E-state index in [0.717, 1.165) is 17.5 Å². The molecule has 6 heteroatoms. The molecule has 0 amide bonds. The standard InChI is InChI=1S/C18H20N4O2/c1-12(2)22-15(23)8-7-13(19-22)16-14-6-3-4-11-21(14)20-17(16)18(24)9-5-10-18/h3-4,6-8,11-12,24H,5,9-10H2,1-2H3. The Morgan fingerprint density at radius 3 is 2.62 bits per heavy atom. The molecule has 1 aliphatic rings. The Kier molecular flexibility index (Phi) is 3.31. The van der Waals surface area contributed by atoms with Crippen molar-refractivity contribution in [3.05, 3.63) is 52.6 Å². The van der Waals surface area contributed by atoms with Crippen LogP contribution < -0.4 is 5.56 Å². The number of nitrogens with zero attached hydrogens (tertiary/aromatic N) is 4.